The SMILES string of the molecule is Cc1cc(N)ncc1-c1c(F)cccc1F. The molecule has 1 heterocycles. The fourth-order valence-corrected chi connectivity index (χ4v) is 1.59. The minimum Gasteiger partial charge on any atom is -0.384 e. The molecule has 2 nitrogen and oxygen atoms in total. The van der Waals surface area contributed by atoms with E-state index in [0.29, 0.717) is 16.9 Å². The van der Waals surface area contributed by atoms with Crippen LogP contribution in [0.4, 0.5) is 14.6 Å². The van der Waals surface area contributed by atoms with Gasteiger partial charge in [0.05, 0.1) is 5.56 Å². The first-order valence-electron chi connectivity index (χ1n) is 4.76. The summed E-state index contributed by atoms with van der Waals surface area (Å²) in [6, 6.07) is 5.35. The summed E-state index contributed by atoms with van der Waals surface area (Å²) in [4.78, 5) is 3.84. The quantitative estimate of drug-likeness (QED) is 0.802. The first kappa shape index (κ1) is 10.5. The molecule has 0 saturated heterocycles. The van der Waals surface area contributed by atoms with Crippen LogP contribution in [0.2, 0.25) is 0 Å². The van der Waals surface area contributed by atoms with E-state index in [9.17, 15) is 8.78 Å². The van der Waals surface area contributed by atoms with Gasteiger partial charge in [-0.25, -0.2) is 13.8 Å². The van der Waals surface area contributed by atoms with E-state index in [1.165, 1.54) is 24.4 Å². The molecule has 2 rings (SSSR count). The van der Waals surface area contributed by atoms with Crippen LogP contribution in [-0.4, -0.2) is 4.98 Å². The van der Waals surface area contributed by atoms with Crippen molar-refractivity contribution in [2.75, 3.05) is 5.73 Å². The van der Waals surface area contributed by atoms with Gasteiger partial charge in [0.25, 0.3) is 0 Å². The molecule has 2 N–H and O–H groups in total. The fraction of sp³-hybridized carbons (Fsp3) is 0.0833. The van der Waals surface area contributed by atoms with Crippen molar-refractivity contribution in [3.05, 3.63) is 47.7 Å². The summed E-state index contributed by atoms with van der Waals surface area (Å²) in [7, 11) is 0. The minimum absolute atomic E-state index is 0.0625. The Labute approximate surface area is 91.7 Å². The van der Waals surface area contributed by atoms with Crippen LogP contribution in [-0.2, 0) is 0 Å². The summed E-state index contributed by atoms with van der Waals surface area (Å²) in [5.74, 6) is -0.873. The molecular weight excluding hydrogens is 210 g/mol. The minimum atomic E-state index is -0.602. The van der Waals surface area contributed by atoms with Gasteiger partial charge < -0.3 is 5.73 Å². The van der Waals surface area contributed by atoms with Gasteiger partial charge in [0, 0.05) is 11.8 Å². The van der Waals surface area contributed by atoms with Crippen molar-refractivity contribution >= 4 is 5.82 Å². The third-order valence-electron chi connectivity index (χ3n) is 2.36. The first-order chi connectivity index (χ1) is 7.59. The maximum absolute atomic E-state index is 13.5. The molecule has 16 heavy (non-hydrogen) atoms. The van der Waals surface area contributed by atoms with Crippen molar-refractivity contribution in [2.24, 2.45) is 0 Å². The topological polar surface area (TPSA) is 38.9 Å². The molecule has 82 valence electrons. The molecule has 0 aliphatic carbocycles. The van der Waals surface area contributed by atoms with E-state index in [2.05, 4.69) is 4.98 Å². The Morgan fingerprint density at radius 2 is 1.81 bits per heavy atom. The Hall–Kier alpha value is -1.97. The molecule has 1 aromatic carbocycles. The van der Waals surface area contributed by atoms with Crippen molar-refractivity contribution in [1.29, 1.82) is 0 Å². The zero-order valence-corrected chi connectivity index (χ0v) is 8.67. The number of anilines is 1. The first-order valence-corrected chi connectivity index (χ1v) is 4.76. The lowest BCUT2D eigenvalue weighted by Gasteiger charge is -2.08. The van der Waals surface area contributed by atoms with Crippen LogP contribution >= 0.6 is 0 Å². The second kappa shape index (κ2) is 3.89. The number of halogens is 2. The van der Waals surface area contributed by atoms with Gasteiger partial charge in [-0.15, -0.1) is 0 Å². The summed E-state index contributed by atoms with van der Waals surface area (Å²) in [5, 5.41) is 0. The number of aromatic nitrogens is 1. The summed E-state index contributed by atoms with van der Waals surface area (Å²) in [6.45, 7) is 1.74. The van der Waals surface area contributed by atoms with Crippen LogP contribution in [0.5, 0.6) is 0 Å². The van der Waals surface area contributed by atoms with Gasteiger partial charge in [-0.1, -0.05) is 6.07 Å². The third kappa shape index (κ3) is 1.74. The van der Waals surface area contributed by atoms with E-state index in [1.54, 1.807) is 13.0 Å². The Morgan fingerprint density at radius 3 is 2.38 bits per heavy atom. The molecule has 0 unspecified atom stereocenters. The monoisotopic (exact) mass is 220 g/mol. The maximum Gasteiger partial charge on any atom is 0.134 e. The third-order valence-corrected chi connectivity index (χ3v) is 2.36. The van der Waals surface area contributed by atoms with E-state index in [1.807, 2.05) is 0 Å². The Bertz CT molecular complexity index is 518. The summed E-state index contributed by atoms with van der Waals surface area (Å²) in [6.07, 6.45) is 1.38. The predicted molar refractivity (Wildman–Crippen MR) is 58.7 cm³/mol. The van der Waals surface area contributed by atoms with Crippen LogP contribution in [0, 0.1) is 18.6 Å². The average molecular weight is 220 g/mol. The molecule has 1 aromatic heterocycles. The Balaban J connectivity index is 2.68. The Morgan fingerprint density at radius 1 is 1.19 bits per heavy atom. The van der Waals surface area contributed by atoms with Crippen molar-refractivity contribution < 1.29 is 8.78 Å². The molecule has 0 amide bonds. The van der Waals surface area contributed by atoms with Crippen LogP contribution in [0.3, 0.4) is 0 Å². The highest BCUT2D eigenvalue weighted by Crippen LogP contribution is 2.28. The largest absolute Gasteiger partial charge is 0.384 e. The smallest absolute Gasteiger partial charge is 0.134 e. The van der Waals surface area contributed by atoms with E-state index >= 15 is 0 Å². The Kier molecular flexibility index (Phi) is 2.56. The number of pyridine rings is 1. The molecule has 0 spiro atoms. The van der Waals surface area contributed by atoms with E-state index < -0.39 is 11.6 Å². The molecule has 0 fully saturated rings. The highest BCUT2D eigenvalue weighted by Gasteiger charge is 2.13. The number of nitrogens with zero attached hydrogens (tertiary/aromatic N) is 1. The van der Waals surface area contributed by atoms with Crippen LogP contribution in [0.15, 0.2) is 30.5 Å². The van der Waals surface area contributed by atoms with Crippen LogP contribution in [0.25, 0.3) is 11.1 Å². The molecule has 0 aliphatic rings. The van der Waals surface area contributed by atoms with E-state index in [0.717, 1.165) is 0 Å². The molecule has 0 aliphatic heterocycles. The highest BCUT2D eigenvalue weighted by atomic mass is 19.1. The number of nitrogens with two attached hydrogens (primary N) is 1. The molecule has 0 bridgehead atoms. The van der Waals surface area contributed by atoms with Gasteiger partial charge in [0.1, 0.15) is 17.5 Å². The number of benzene rings is 1. The van der Waals surface area contributed by atoms with Crippen molar-refractivity contribution in [2.45, 2.75) is 6.92 Å². The summed E-state index contributed by atoms with van der Waals surface area (Å²) < 4.78 is 27.0. The van der Waals surface area contributed by atoms with Gasteiger partial charge in [-0.2, -0.15) is 0 Å². The van der Waals surface area contributed by atoms with Gasteiger partial charge in [-0.3, -0.25) is 0 Å². The lowest BCUT2D eigenvalue weighted by Crippen LogP contribution is -1.96. The number of nitrogen functional groups attached to an aromatic ring is 1. The lowest BCUT2D eigenvalue weighted by atomic mass is 10.0. The summed E-state index contributed by atoms with van der Waals surface area (Å²) >= 11 is 0. The number of hydrogen-bond acceptors (Lipinski definition) is 2. The average Bonchev–Trinajstić information content (AvgIpc) is 2.20. The van der Waals surface area contributed by atoms with Crippen LogP contribution < -0.4 is 5.73 Å². The van der Waals surface area contributed by atoms with Crippen LogP contribution in [0.1, 0.15) is 5.56 Å². The van der Waals surface area contributed by atoms with E-state index in [-0.39, 0.29) is 5.56 Å². The molecule has 0 radical (unpaired) electrons. The van der Waals surface area contributed by atoms with Crippen molar-refractivity contribution in [1.82, 2.24) is 4.98 Å². The molecule has 4 heteroatoms. The van der Waals surface area contributed by atoms with Crippen molar-refractivity contribution in [3.8, 4) is 11.1 Å². The number of rotatable bonds is 1. The molecular formula is C12H10F2N2. The zero-order chi connectivity index (χ0) is 11.7. The molecule has 0 atom stereocenters. The highest BCUT2D eigenvalue weighted by molar-refractivity contribution is 5.68. The van der Waals surface area contributed by atoms with Gasteiger partial charge >= 0.3 is 0 Å². The van der Waals surface area contributed by atoms with Gasteiger partial charge in [-0.05, 0) is 30.7 Å². The standard InChI is InChI=1S/C12H10F2N2/c1-7-5-11(15)16-6-8(7)12-9(13)3-2-4-10(12)14/h2-6H,1H3,(H2,15,16). The normalized spacial score (nSPS) is 10.4. The molecule has 0 saturated carbocycles. The number of hydrogen-bond donors (Lipinski definition) is 1. The number of aryl methyl sites for hydroxylation is 1. The van der Waals surface area contributed by atoms with Gasteiger partial charge in [0.15, 0.2) is 0 Å². The second-order valence-corrected chi connectivity index (χ2v) is 3.52. The maximum atomic E-state index is 13.5. The van der Waals surface area contributed by atoms with E-state index in [4.69, 9.17) is 5.73 Å². The fourth-order valence-electron chi connectivity index (χ4n) is 1.59. The lowest BCUT2D eigenvalue weighted by molar-refractivity contribution is 0.589. The second-order valence-electron chi connectivity index (χ2n) is 3.52. The summed E-state index contributed by atoms with van der Waals surface area (Å²) in [5.41, 5.74) is 6.53. The molecule has 2 aromatic rings. The zero-order valence-electron chi connectivity index (χ0n) is 8.67. The van der Waals surface area contributed by atoms with Gasteiger partial charge in [0.2, 0.25) is 0 Å². The predicted octanol–water partition coefficient (Wildman–Crippen LogP) is 2.92. The van der Waals surface area contributed by atoms with Crippen molar-refractivity contribution in [3.63, 3.8) is 0 Å².